The average molecular weight is 461 g/mol. The van der Waals surface area contributed by atoms with E-state index in [4.69, 9.17) is 14.2 Å². The van der Waals surface area contributed by atoms with E-state index >= 15 is 0 Å². The zero-order valence-corrected chi connectivity index (χ0v) is 20.7. The second-order valence-corrected chi connectivity index (χ2v) is 9.23. The van der Waals surface area contributed by atoms with Crippen molar-refractivity contribution in [2.45, 2.75) is 83.9 Å². The fraction of sp³-hybridized carbons (Fsp3) is 0.692. The highest BCUT2D eigenvalue weighted by molar-refractivity contribution is 5.96. The van der Waals surface area contributed by atoms with Gasteiger partial charge in [-0.05, 0) is 57.7 Å². The quantitative estimate of drug-likeness (QED) is 0.384. The molecule has 7 nitrogen and oxygen atoms in total. The summed E-state index contributed by atoms with van der Waals surface area (Å²) in [6, 6.07) is 5.07. The van der Waals surface area contributed by atoms with Gasteiger partial charge in [0.15, 0.2) is 11.5 Å². The molecule has 0 unspecified atom stereocenters. The molecule has 1 heterocycles. The monoisotopic (exact) mass is 460 g/mol. The van der Waals surface area contributed by atoms with Gasteiger partial charge in [-0.2, -0.15) is 0 Å². The first-order chi connectivity index (χ1) is 16.0. The van der Waals surface area contributed by atoms with E-state index in [-0.39, 0.29) is 30.5 Å². The summed E-state index contributed by atoms with van der Waals surface area (Å²) >= 11 is 0. The van der Waals surface area contributed by atoms with E-state index in [1.54, 1.807) is 12.0 Å². The fourth-order valence-electron chi connectivity index (χ4n) is 4.89. The van der Waals surface area contributed by atoms with E-state index in [0.29, 0.717) is 37.7 Å². The summed E-state index contributed by atoms with van der Waals surface area (Å²) in [4.78, 5) is 30.8. The van der Waals surface area contributed by atoms with Crippen LogP contribution in [0.25, 0.3) is 0 Å². The van der Waals surface area contributed by atoms with E-state index in [0.717, 1.165) is 31.2 Å². The predicted octanol–water partition coefficient (Wildman–Crippen LogP) is 4.34. The molecule has 1 aliphatic heterocycles. The van der Waals surface area contributed by atoms with Crippen molar-refractivity contribution in [3.05, 3.63) is 23.8 Å². The molecule has 1 aromatic rings. The topological polar surface area (TPSA) is 68.3 Å². The number of benzene rings is 1. The van der Waals surface area contributed by atoms with Gasteiger partial charge in [-0.25, -0.2) is 0 Å². The molecule has 1 aliphatic carbocycles. The first-order valence-electron chi connectivity index (χ1n) is 12.5. The van der Waals surface area contributed by atoms with Crippen LogP contribution in [0.3, 0.4) is 0 Å². The molecule has 2 aliphatic rings. The van der Waals surface area contributed by atoms with Crippen LogP contribution < -0.4 is 9.47 Å². The highest BCUT2D eigenvalue weighted by Crippen LogP contribution is 2.36. The normalized spacial score (nSPS) is 20.3. The van der Waals surface area contributed by atoms with Crippen LogP contribution in [0.2, 0.25) is 0 Å². The first kappa shape index (κ1) is 25.3. The van der Waals surface area contributed by atoms with Crippen molar-refractivity contribution in [3.8, 4) is 11.5 Å². The molecule has 0 bridgehead atoms. The van der Waals surface area contributed by atoms with Crippen LogP contribution in [0.4, 0.5) is 0 Å². The number of carbonyl (C=O) groups is 2. The molecule has 1 atom stereocenters. The molecule has 7 heteroatoms. The molecule has 33 heavy (non-hydrogen) atoms. The van der Waals surface area contributed by atoms with Crippen molar-refractivity contribution in [2.24, 2.45) is 0 Å². The highest BCUT2D eigenvalue weighted by atomic mass is 16.5. The van der Waals surface area contributed by atoms with Gasteiger partial charge in [0.25, 0.3) is 5.91 Å². The van der Waals surface area contributed by atoms with Crippen molar-refractivity contribution < 1.29 is 23.8 Å². The maximum atomic E-state index is 13.9. The Morgan fingerprint density at radius 3 is 2.42 bits per heavy atom. The minimum atomic E-state index is -0.655. The smallest absolute Gasteiger partial charge is 0.250 e. The van der Waals surface area contributed by atoms with Gasteiger partial charge in [-0.15, -0.1) is 0 Å². The lowest BCUT2D eigenvalue weighted by atomic mass is 9.97. The Hall–Kier alpha value is -2.28. The van der Waals surface area contributed by atoms with Crippen LogP contribution in [-0.4, -0.2) is 67.2 Å². The molecule has 0 aromatic heterocycles. The molecule has 1 aromatic carbocycles. The average Bonchev–Trinajstić information content (AvgIpc) is 3.08. The first-order valence-corrected chi connectivity index (χ1v) is 12.5. The number of ether oxygens (including phenoxy) is 3. The largest absolute Gasteiger partial charge is 0.493 e. The molecule has 2 fully saturated rings. The maximum Gasteiger partial charge on any atom is 0.250 e. The zero-order valence-electron chi connectivity index (χ0n) is 20.7. The number of amides is 2. The number of methoxy groups -OCH3 is 1. The molecule has 3 rings (SSSR count). The van der Waals surface area contributed by atoms with Crippen molar-refractivity contribution in [1.29, 1.82) is 0 Å². The molecule has 1 saturated carbocycles. The minimum absolute atomic E-state index is 0.00168. The van der Waals surface area contributed by atoms with Gasteiger partial charge in [0.2, 0.25) is 5.91 Å². The summed E-state index contributed by atoms with van der Waals surface area (Å²) in [6.45, 7) is 7.73. The Labute approximate surface area is 198 Å². The Morgan fingerprint density at radius 1 is 1.06 bits per heavy atom. The van der Waals surface area contributed by atoms with E-state index in [1.807, 2.05) is 43.9 Å². The standard InChI is InChI=1S/C26H40N2O5/c1-5-32-16-10-15-27-24(29)18-28(21-11-8-6-7-9-12-21)26(30)25(27)20-13-14-22(33-19(2)3)23(17-20)31-4/h13-14,17,19,21,25H,5-12,15-16,18H2,1-4H3/t25-/m0/s1. The number of hydrogen-bond acceptors (Lipinski definition) is 5. The van der Waals surface area contributed by atoms with Gasteiger partial charge in [-0.1, -0.05) is 31.7 Å². The molecule has 2 amide bonds. The van der Waals surface area contributed by atoms with Crippen LogP contribution in [0.15, 0.2) is 18.2 Å². The highest BCUT2D eigenvalue weighted by Gasteiger charge is 2.42. The Balaban J connectivity index is 1.91. The summed E-state index contributed by atoms with van der Waals surface area (Å²) < 4.78 is 16.9. The van der Waals surface area contributed by atoms with Gasteiger partial charge in [0.1, 0.15) is 12.6 Å². The van der Waals surface area contributed by atoms with E-state index in [1.165, 1.54) is 12.8 Å². The van der Waals surface area contributed by atoms with Crippen LogP contribution in [0.1, 0.15) is 77.3 Å². The molecule has 0 spiro atoms. The molecule has 184 valence electrons. The Kier molecular flexibility index (Phi) is 9.41. The number of rotatable bonds is 10. The van der Waals surface area contributed by atoms with Gasteiger partial charge < -0.3 is 24.0 Å². The van der Waals surface area contributed by atoms with E-state index < -0.39 is 6.04 Å². The Morgan fingerprint density at radius 2 is 1.79 bits per heavy atom. The van der Waals surface area contributed by atoms with Crippen molar-refractivity contribution >= 4 is 11.8 Å². The van der Waals surface area contributed by atoms with Gasteiger partial charge in [0, 0.05) is 25.8 Å². The fourth-order valence-corrected chi connectivity index (χ4v) is 4.89. The third kappa shape index (κ3) is 6.40. The maximum absolute atomic E-state index is 13.9. The van der Waals surface area contributed by atoms with Crippen molar-refractivity contribution in [3.63, 3.8) is 0 Å². The summed E-state index contributed by atoms with van der Waals surface area (Å²) in [7, 11) is 1.60. The SMILES string of the molecule is CCOCCCN1C(=O)CN(C2CCCCCC2)C(=O)[C@@H]1c1ccc(OC(C)C)c(OC)c1. The summed E-state index contributed by atoms with van der Waals surface area (Å²) in [5.74, 6) is 1.22. The van der Waals surface area contributed by atoms with Gasteiger partial charge >= 0.3 is 0 Å². The molecular weight excluding hydrogens is 420 g/mol. The number of carbonyl (C=O) groups excluding carboxylic acids is 2. The summed E-state index contributed by atoms with van der Waals surface area (Å²) in [5, 5.41) is 0. The molecule has 0 radical (unpaired) electrons. The predicted molar refractivity (Wildman–Crippen MR) is 128 cm³/mol. The second kappa shape index (κ2) is 12.3. The molecule has 0 N–H and O–H groups in total. The lowest BCUT2D eigenvalue weighted by molar-refractivity contribution is -0.159. The van der Waals surface area contributed by atoms with Crippen molar-refractivity contribution in [2.75, 3.05) is 33.4 Å². The Bertz CT molecular complexity index is 789. The minimum Gasteiger partial charge on any atom is -0.493 e. The van der Waals surface area contributed by atoms with E-state index in [2.05, 4.69) is 0 Å². The summed E-state index contributed by atoms with van der Waals surface area (Å²) in [5.41, 5.74) is 0.760. The van der Waals surface area contributed by atoms with Crippen LogP contribution in [-0.2, 0) is 14.3 Å². The van der Waals surface area contributed by atoms with Gasteiger partial charge in [0.05, 0.1) is 13.2 Å². The summed E-state index contributed by atoms with van der Waals surface area (Å²) in [6.07, 6.45) is 7.27. The van der Waals surface area contributed by atoms with Crippen LogP contribution in [0, 0.1) is 0 Å². The number of hydrogen-bond donors (Lipinski definition) is 0. The lowest BCUT2D eigenvalue weighted by Crippen LogP contribution is -2.58. The lowest BCUT2D eigenvalue weighted by Gasteiger charge is -2.43. The zero-order chi connectivity index (χ0) is 23.8. The third-order valence-corrected chi connectivity index (χ3v) is 6.48. The number of nitrogens with zero attached hydrogens (tertiary/aromatic N) is 2. The van der Waals surface area contributed by atoms with Crippen LogP contribution in [0.5, 0.6) is 11.5 Å². The van der Waals surface area contributed by atoms with Gasteiger partial charge in [-0.3, -0.25) is 9.59 Å². The second-order valence-electron chi connectivity index (χ2n) is 9.23. The van der Waals surface area contributed by atoms with E-state index in [9.17, 15) is 9.59 Å². The van der Waals surface area contributed by atoms with Crippen LogP contribution >= 0.6 is 0 Å². The van der Waals surface area contributed by atoms with Crippen molar-refractivity contribution in [1.82, 2.24) is 9.80 Å². The number of piperazine rings is 1. The molecule has 1 saturated heterocycles. The third-order valence-electron chi connectivity index (χ3n) is 6.48. The molecular formula is C26H40N2O5.